The molecule has 2 rings (SSSR count). The summed E-state index contributed by atoms with van der Waals surface area (Å²) in [5, 5.41) is 8.35. The van der Waals surface area contributed by atoms with E-state index in [0.29, 0.717) is 0 Å². The van der Waals surface area contributed by atoms with Crippen LogP contribution in [0.15, 0.2) is 12.1 Å². The molecule has 0 aliphatic rings. The minimum atomic E-state index is -1.51. The Morgan fingerprint density at radius 1 is 1.32 bits per heavy atom. The van der Waals surface area contributed by atoms with Gasteiger partial charge in [-0.1, -0.05) is 22.2 Å². The van der Waals surface area contributed by atoms with Crippen molar-refractivity contribution in [3.05, 3.63) is 53.0 Å². The Bertz CT molecular complexity index is 730. The van der Waals surface area contributed by atoms with Gasteiger partial charge in [-0.2, -0.15) is 12.1 Å². The van der Waals surface area contributed by atoms with E-state index < -0.39 is 39.7 Å². The molecule has 22 heavy (non-hydrogen) atoms. The Morgan fingerprint density at radius 3 is 2.41 bits per heavy atom. The van der Waals surface area contributed by atoms with Gasteiger partial charge in [0.05, 0.1) is 16.4 Å². The van der Waals surface area contributed by atoms with Gasteiger partial charge in [0.15, 0.2) is 11.5 Å². The van der Waals surface area contributed by atoms with Crippen molar-refractivity contribution >= 4 is 34.9 Å². The molecule has 2 aromatic rings. The summed E-state index contributed by atoms with van der Waals surface area (Å²) in [6, 6.07) is 4.51. The van der Waals surface area contributed by atoms with Gasteiger partial charge >= 0.3 is 37.1 Å². The Hall–Kier alpha value is -0.868. The van der Waals surface area contributed by atoms with Crippen molar-refractivity contribution in [3.63, 3.8) is 0 Å². The molecule has 0 saturated carbocycles. The smallest absolute Gasteiger partial charge is 0.476 e. The minimum Gasteiger partial charge on any atom is -0.476 e. The molecule has 0 aliphatic carbocycles. The van der Waals surface area contributed by atoms with Gasteiger partial charge in [0.1, 0.15) is 0 Å². The first-order chi connectivity index (χ1) is 9.32. The third-order valence-corrected chi connectivity index (χ3v) is 3.04. The standard InChI is InChI=1S/C12H5Cl2F2N2O2.CH3.U/c13-4-1-2-5(6(15)3-4)10-8(16)9(17)7(14)11(18-10)12(19)20;;/h1-2H,(H2,17,18)(H,19,20);1H3;/q2*-1;+2. The zero-order valence-corrected chi connectivity index (χ0v) is 16.7. The van der Waals surface area contributed by atoms with Crippen LogP contribution in [0.4, 0.5) is 14.5 Å². The number of hydrogen-bond acceptors (Lipinski definition) is 3. The van der Waals surface area contributed by atoms with Gasteiger partial charge in [-0.15, -0.1) is 17.7 Å². The molecule has 4 nitrogen and oxygen atoms in total. The van der Waals surface area contributed by atoms with Crippen molar-refractivity contribution in [2.45, 2.75) is 0 Å². The van der Waals surface area contributed by atoms with Crippen molar-refractivity contribution < 1.29 is 49.8 Å². The Balaban J connectivity index is 0.00000220. The molecule has 0 radical (unpaired) electrons. The number of nitrogen functional groups attached to an aromatic ring is 1. The molecule has 0 spiro atoms. The van der Waals surface area contributed by atoms with E-state index in [4.69, 9.17) is 34.0 Å². The zero-order chi connectivity index (χ0) is 15.0. The number of benzene rings is 1. The number of halogens is 4. The fraction of sp³-hybridized carbons (Fsp3) is 0. The van der Waals surface area contributed by atoms with Crippen LogP contribution in [0.1, 0.15) is 10.5 Å². The molecule has 1 heterocycles. The first-order valence-corrected chi connectivity index (χ1v) is 5.84. The Morgan fingerprint density at radius 2 is 1.91 bits per heavy atom. The second kappa shape index (κ2) is 8.12. The van der Waals surface area contributed by atoms with Crippen LogP contribution in [-0.2, 0) is 0 Å². The number of carboxylic acid groups (broad SMARTS) is 1. The van der Waals surface area contributed by atoms with Crippen LogP contribution < -0.4 is 5.73 Å². The van der Waals surface area contributed by atoms with Gasteiger partial charge in [-0.05, 0) is 0 Å². The summed E-state index contributed by atoms with van der Waals surface area (Å²) in [6.07, 6.45) is 0. The van der Waals surface area contributed by atoms with E-state index in [0.717, 1.165) is 6.07 Å². The number of pyridine rings is 1. The first-order valence-electron chi connectivity index (χ1n) is 5.08. The van der Waals surface area contributed by atoms with Crippen molar-refractivity contribution in [3.8, 4) is 11.3 Å². The van der Waals surface area contributed by atoms with Crippen LogP contribution >= 0.6 is 23.2 Å². The molecule has 1 aromatic heterocycles. The molecule has 114 valence electrons. The molecule has 0 bridgehead atoms. The van der Waals surface area contributed by atoms with Crippen LogP contribution in [-0.4, -0.2) is 16.1 Å². The number of rotatable bonds is 2. The second-order valence-corrected chi connectivity index (χ2v) is 4.47. The summed E-state index contributed by atoms with van der Waals surface area (Å²) in [5.74, 6) is -3.61. The number of hydrogen-bond donors (Lipinski definition) is 2. The maximum atomic E-state index is 14.0. The number of aromatic nitrogens is 1. The molecule has 0 amide bonds. The van der Waals surface area contributed by atoms with E-state index >= 15 is 0 Å². The molecule has 1 aromatic carbocycles. The summed E-state index contributed by atoms with van der Waals surface area (Å²) < 4.78 is 27.7. The van der Waals surface area contributed by atoms with Gasteiger partial charge < -0.3 is 18.3 Å². The molecule has 0 atom stereocenters. The molecule has 3 N–H and O–H groups in total. The summed E-state index contributed by atoms with van der Waals surface area (Å²) >= 11 is 11.1. The van der Waals surface area contributed by atoms with E-state index in [-0.39, 0.29) is 49.1 Å². The molecule has 0 saturated heterocycles. The molecule has 0 unspecified atom stereocenters. The fourth-order valence-electron chi connectivity index (χ4n) is 1.51. The second-order valence-electron chi connectivity index (χ2n) is 3.69. The molecule has 0 aliphatic heterocycles. The van der Waals surface area contributed by atoms with E-state index in [9.17, 15) is 13.6 Å². The van der Waals surface area contributed by atoms with Gasteiger partial charge in [0.25, 0.3) is 0 Å². The first kappa shape index (κ1) is 21.1. The quantitative estimate of drug-likeness (QED) is 0.538. The maximum absolute atomic E-state index is 14.0. The molecular formula is C13H8Cl2F2N2O2U. The van der Waals surface area contributed by atoms with Crippen molar-refractivity contribution in [1.29, 1.82) is 0 Å². The Labute approximate surface area is 159 Å². The topological polar surface area (TPSA) is 76.2 Å². The number of carboxylic acids is 1. The summed E-state index contributed by atoms with van der Waals surface area (Å²) in [4.78, 5) is 14.5. The van der Waals surface area contributed by atoms with E-state index in [1.165, 1.54) is 6.07 Å². The van der Waals surface area contributed by atoms with Crippen LogP contribution in [0.3, 0.4) is 0 Å². The molecular weight excluding hydrogens is 563 g/mol. The third kappa shape index (κ3) is 3.91. The van der Waals surface area contributed by atoms with Crippen LogP contribution in [0.2, 0.25) is 10.0 Å². The van der Waals surface area contributed by atoms with Crippen LogP contribution in [0.25, 0.3) is 11.3 Å². The average Bonchev–Trinajstić information content (AvgIpc) is 2.37. The Kier molecular flexibility index (Phi) is 7.80. The van der Waals surface area contributed by atoms with Gasteiger partial charge in [-0.25, -0.2) is 18.6 Å². The molecule has 9 heteroatoms. The number of carbonyl (C=O) groups is 1. The largest absolute Gasteiger partial charge is 2.00 e. The van der Waals surface area contributed by atoms with E-state index in [1.54, 1.807) is 0 Å². The predicted octanol–water partition coefficient (Wildman–Crippen LogP) is 3.86. The van der Waals surface area contributed by atoms with Gasteiger partial charge in [-0.3, -0.25) is 0 Å². The number of nitrogens with zero attached hydrogens (tertiary/aromatic N) is 1. The summed E-state index contributed by atoms with van der Waals surface area (Å²) in [7, 11) is 0. The van der Waals surface area contributed by atoms with Crippen molar-refractivity contribution in [2.24, 2.45) is 0 Å². The van der Waals surface area contributed by atoms with Crippen molar-refractivity contribution in [2.75, 3.05) is 5.73 Å². The number of anilines is 1. The predicted molar refractivity (Wildman–Crippen MR) is 76.2 cm³/mol. The van der Waals surface area contributed by atoms with Gasteiger partial charge in [0.2, 0.25) is 0 Å². The van der Waals surface area contributed by atoms with E-state index in [2.05, 4.69) is 11.1 Å². The zero-order valence-electron chi connectivity index (χ0n) is 11.0. The van der Waals surface area contributed by atoms with Crippen molar-refractivity contribution in [1.82, 2.24) is 4.98 Å². The number of aromatic carboxylic acids is 1. The van der Waals surface area contributed by atoms with Crippen LogP contribution in [0.5, 0.6) is 0 Å². The monoisotopic (exact) mass is 570 g/mol. The normalized spacial score (nSPS) is 9.64. The van der Waals surface area contributed by atoms with Gasteiger partial charge in [0, 0.05) is 5.82 Å². The summed E-state index contributed by atoms with van der Waals surface area (Å²) in [5.41, 5.74) is 3.18. The van der Waals surface area contributed by atoms with E-state index in [1.807, 2.05) is 0 Å². The third-order valence-electron chi connectivity index (χ3n) is 2.43. The minimum absolute atomic E-state index is 0. The summed E-state index contributed by atoms with van der Waals surface area (Å²) in [6.45, 7) is 0. The maximum Gasteiger partial charge on any atom is 2.00 e. The van der Waals surface area contributed by atoms with Crippen LogP contribution in [0, 0.1) is 56.2 Å². The number of nitrogens with two attached hydrogens (primary N) is 1. The fourth-order valence-corrected chi connectivity index (χ4v) is 1.86. The average molecular weight is 571 g/mol. The molecule has 0 fully saturated rings. The SMILES string of the molecule is Nc1c(F)c(-c2ccc(Cl)[c-]c2F)nc(C(=O)O)c1Cl.[CH3-].[U+2].